The van der Waals surface area contributed by atoms with Gasteiger partial charge in [0.05, 0.1) is 25.3 Å². The third kappa shape index (κ3) is 6.03. The van der Waals surface area contributed by atoms with Crippen molar-refractivity contribution in [2.45, 2.75) is 25.7 Å². The van der Waals surface area contributed by atoms with Crippen LogP contribution in [0.4, 0.5) is 13.2 Å². The number of H-pyrrole nitrogens is 1. The zero-order valence-electron chi connectivity index (χ0n) is 20.1. The van der Waals surface area contributed by atoms with Crippen LogP contribution in [0.25, 0.3) is 10.9 Å². The van der Waals surface area contributed by atoms with Crippen molar-refractivity contribution in [3.63, 3.8) is 0 Å². The van der Waals surface area contributed by atoms with Crippen molar-refractivity contribution in [1.29, 1.82) is 0 Å². The van der Waals surface area contributed by atoms with Gasteiger partial charge < -0.3 is 19.0 Å². The molecule has 1 aliphatic rings. The number of alkyl halides is 3. The molecular formula is C27H27F3N4O3. The van der Waals surface area contributed by atoms with Crippen LogP contribution in [0.1, 0.15) is 33.1 Å². The minimum absolute atomic E-state index is 0.202. The van der Waals surface area contributed by atoms with E-state index in [0.717, 1.165) is 34.2 Å². The number of fused-ring (bicyclic) bond motifs is 1. The van der Waals surface area contributed by atoms with Gasteiger partial charge in [0.2, 0.25) is 5.89 Å². The van der Waals surface area contributed by atoms with Crippen LogP contribution in [0.3, 0.4) is 0 Å². The number of nitrogens with zero attached hydrogens (tertiary/aromatic N) is 3. The average Bonchev–Trinajstić information content (AvgIpc) is 3.54. The summed E-state index contributed by atoms with van der Waals surface area (Å²) in [6.07, 6.45) is -0.325. The normalized spacial score (nSPS) is 14.5. The highest BCUT2D eigenvalue weighted by molar-refractivity contribution is 5.92. The SMILES string of the molecule is O=C(c1coc(CN(CCc2c[nH]c3ccccc23)Cc2ccc(C(F)(F)F)cc2)n1)N1CCOCC1. The standard InChI is InChI=1S/C27H27F3N4O3/c28-27(29,30)21-7-5-19(6-8-21)16-33(10-9-20-15-31-23-4-2-1-3-22(20)23)17-25-32-24(18-37-25)26(35)34-11-13-36-14-12-34/h1-8,15,18,31H,9-14,16-17H2. The van der Waals surface area contributed by atoms with E-state index in [4.69, 9.17) is 9.15 Å². The molecule has 1 saturated heterocycles. The Morgan fingerprint density at radius 3 is 2.57 bits per heavy atom. The number of benzene rings is 2. The van der Waals surface area contributed by atoms with Crippen molar-refractivity contribution in [3.8, 4) is 0 Å². The van der Waals surface area contributed by atoms with Gasteiger partial charge in [-0.05, 0) is 35.7 Å². The number of para-hydroxylation sites is 1. The summed E-state index contributed by atoms with van der Waals surface area (Å²) in [5.74, 6) is 0.175. The number of amides is 1. The Hall–Kier alpha value is -3.63. The number of hydrogen-bond acceptors (Lipinski definition) is 5. The molecule has 10 heteroatoms. The first-order valence-electron chi connectivity index (χ1n) is 12.1. The number of aromatic amines is 1. The van der Waals surface area contributed by atoms with E-state index in [1.807, 2.05) is 24.4 Å². The van der Waals surface area contributed by atoms with Gasteiger partial charge in [0.15, 0.2) is 5.69 Å². The molecule has 4 aromatic rings. The van der Waals surface area contributed by atoms with E-state index >= 15 is 0 Å². The van der Waals surface area contributed by atoms with Gasteiger partial charge in [-0.25, -0.2) is 4.98 Å². The second-order valence-electron chi connectivity index (χ2n) is 9.05. The summed E-state index contributed by atoms with van der Waals surface area (Å²) in [4.78, 5) is 24.2. The fourth-order valence-corrected chi connectivity index (χ4v) is 4.49. The molecule has 37 heavy (non-hydrogen) atoms. The summed E-state index contributed by atoms with van der Waals surface area (Å²) in [6.45, 7) is 3.31. The molecule has 0 atom stereocenters. The maximum Gasteiger partial charge on any atom is 0.416 e. The lowest BCUT2D eigenvalue weighted by Crippen LogP contribution is -2.40. The van der Waals surface area contributed by atoms with Crippen LogP contribution in [0.15, 0.2) is 65.4 Å². The summed E-state index contributed by atoms with van der Waals surface area (Å²) < 4.78 is 49.9. The molecule has 0 radical (unpaired) electrons. The van der Waals surface area contributed by atoms with E-state index < -0.39 is 11.7 Å². The van der Waals surface area contributed by atoms with E-state index in [2.05, 4.69) is 20.9 Å². The van der Waals surface area contributed by atoms with Crippen molar-refractivity contribution in [2.75, 3.05) is 32.8 Å². The molecule has 0 unspecified atom stereocenters. The number of rotatable bonds is 8. The summed E-state index contributed by atoms with van der Waals surface area (Å²) in [7, 11) is 0. The highest BCUT2D eigenvalue weighted by Crippen LogP contribution is 2.29. The lowest BCUT2D eigenvalue weighted by Gasteiger charge is -2.25. The smallest absolute Gasteiger partial charge is 0.416 e. The van der Waals surface area contributed by atoms with Gasteiger partial charge in [-0.3, -0.25) is 9.69 Å². The van der Waals surface area contributed by atoms with Crippen LogP contribution < -0.4 is 0 Å². The number of hydrogen-bond donors (Lipinski definition) is 1. The van der Waals surface area contributed by atoms with E-state index in [-0.39, 0.29) is 11.6 Å². The fourth-order valence-electron chi connectivity index (χ4n) is 4.49. The number of ether oxygens (including phenoxy) is 1. The first kappa shape index (κ1) is 25.0. The molecule has 7 nitrogen and oxygen atoms in total. The third-order valence-corrected chi connectivity index (χ3v) is 6.49. The molecule has 2 aromatic heterocycles. The lowest BCUT2D eigenvalue weighted by atomic mass is 10.1. The summed E-state index contributed by atoms with van der Waals surface area (Å²) in [5, 5.41) is 1.13. The van der Waals surface area contributed by atoms with Crippen LogP contribution in [-0.4, -0.2) is 58.5 Å². The van der Waals surface area contributed by atoms with Gasteiger partial charge >= 0.3 is 6.18 Å². The molecular weight excluding hydrogens is 485 g/mol. The van der Waals surface area contributed by atoms with Crippen LogP contribution in [0.2, 0.25) is 0 Å². The second-order valence-corrected chi connectivity index (χ2v) is 9.05. The minimum Gasteiger partial charge on any atom is -0.447 e. The molecule has 194 valence electrons. The van der Waals surface area contributed by atoms with Gasteiger partial charge in [-0.15, -0.1) is 0 Å². The predicted octanol–water partition coefficient (Wildman–Crippen LogP) is 4.89. The van der Waals surface area contributed by atoms with Gasteiger partial charge in [-0.2, -0.15) is 13.2 Å². The monoisotopic (exact) mass is 512 g/mol. The van der Waals surface area contributed by atoms with Crippen molar-refractivity contribution >= 4 is 16.8 Å². The Bertz CT molecular complexity index is 1340. The Labute approximate surface area is 211 Å². The maximum atomic E-state index is 13.0. The topological polar surface area (TPSA) is 74.6 Å². The molecule has 5 rings (SSSR count). The summed E-state index contributed by atoms with van der Waals surface area (Å²) in [5.41, 5.74) is 2.49. The van der Waals surface area contributed by atoms with E-state index in [0.29, 0.717) is 58.2 Å². The van der Waals surface area contributed by atoms with E-state index in [1.54, 1.807) is 4.90 Å². The van der Waals surface area contributed by atoms with E-state index in [1.165, 1.54) is 18.4 Å². The molecule has 1 N–H and O–H groups in total. The van der Waals surface area contributed by atoms with E-state index in [9.17, 15) is 18.0 Å². The molecule has 0 bridgehead atoms. The average molecular weight is 513 g/mol. The number of carbonyl (C=O) groups excluding carboxylic acids is 1. The third-order valence-electron chi connectivity index (χ3n) is 6.49. The quantitative estimate of drug-likeness (QED) is 0.364. The fraction of sp³-hybridized carbons (Fsp3) is 0.333. The Kier molecular flexibility index (Phi) is 7.29. The molecule has 0 saturated carbocycles. The van der Waals surface area contributed by atoms with Crippen molar-refractivity contribution < 1.29 is 27.1 Å². The molecule has 1 aliphatic heterocycles. The largest absolute Gasteiger partial charge is 0.447 e. The van der Waals surface area contributed by atoms with Crippen molar-refractivity contribution in [1.82, 2.24) is 19.8 Å². The van der Waals surface area contributed by atoms with Crippen LogP contribution in [-0.2, 0) is 30.4 Å². The van der Waals surface area contributed by atoms with Crippen LogP contribution in [0, 0.1) is 0 Å². The Balaban J connectivity index is 1.31. The highest BCUT2D eigenvalue weighted by atomic mass is 19.4. The molecule has 2 aromatic carbocycles. The molecule has 1 fully saturated rings. The predicted molar refractivity (Wildman–Crippen MR) is 131 cm³/mol. The summed E-state index contributed by atoms with van der Waals surface area (Å²) >= 11 is 0. The number of morpholine rings is 1. The first-order valence-corrected chi connectivity index (χ1v) is 12.1. The molecule has 0 spiro atoms. The summed E-state index contributed by atoms with van der Waals surface area (Å²) in [6, 6.07) is 13.2. The second kappa shape index (κ2) is 10.8. The Morgan fingerprint density at radius 1 is 1.05 bits per heavy atom. The zero-order chi connectivity index (χ0) is 25.8. The van der Waals surface area contributed by atoms with Crippen LogP contribution >= 0.6 is 0 Å². The first-order chi connectivity index (χ1) is 17.9. The van der Waals surface area contributed by atoms with Gasteiger partial charge in [0.25, 0.3) is 5.91 Å². The lowest BCUT2D eigenvalue weighted by molar-refractivity contribution is -0.137. The molecule has 3 heterocycles. The highest BCUT2D eigenvalue weighted by Gasteiger charge is 2.30. The number of nitrogens with one attached hydrogen (secondary N) is 1. The van der Waals surface area contributed by atoms with Crippen LogP contribution in [0.5, 0.6) is 0 Å². The number of aromatic nitrogens is 2. The maximum absolute atomic E-state index is 13.0. The van der Waals surface area contributed by atoms with Gasteiger partial charge in [0.1, 0.15) is 6.26 Å². The number of carbonyl (C=O) groups is 1. The molecule has 0 aliphatic carbocycles. The van der Waals surface area contributed by atoms with Gasteiger partial charge in [0, 0.05) is 43.3 Å². The van der Waals surface area contributed by atoms with Gasteiger partial charge in [-0.1, -0.05) is 30.3 Å². The zero-order valence-corrected chi connectivity index (χ0v) is 20.1. The van der Waals surface area contributed by atoms with Crippen molar-refractivity contribution in [2.24, 2.45) is 0 Å². The minimum atomic E-state index is -4.38. The molecule has 1 amide bonds. The number of halogens is 3. The Morgan fingerprint density at radius 2 is 1.81 bits per heavy atom. The number of oxazole rings is 1. The van der Waals surface area contributed by atoms with Crippen molar-refractivity contribution in [3.05, 3.63) is 89.3 Å².